The molecule has 0 bridgehead atoms. The molecule has 0 radical (unpaired) electrons. The molecule has 0 aromatic heterocycles. The van der Waals surface area contributed by atoms with Crippen molar-refractivity contribution in [2.45, 2.75) is 37.4 Å². The third kappa shape index (κ3) is 4.00. The van der Waals surface area contributed by atoms with E-state index in [0.29, 0.717) is 0 Å². The van der Waals surface area contributed by atoms with Crippen molar-refractivity contribution < 1.29 is 0 Å². The molecule has 2 aromatic rings. The van der Waals surface area contributed by atoms with Crippen LogP contribution in [0.25, 0.3) is 0 Å². The van der Waals surface area contributed by atoms with E-state index >= 15 is 0 Å². The summed E-state index contributed by atoms with van der Waals surface area (Å²) in [6, 6.07) is 15.2. The van der Waals surface area contributed by atoms with Gasteiger partial charge in [-0.3, -0.25) is 0 Å². The predicted molar refractivity (Wildman–Crippen MR) is 102 cm³/mol. The quantitative estimate of drug-likeness (QED) is 0.405. The zero-order valence-corrected chi connectivity index (χ0v) is 17.2. The number of rotatable bonds is 4. The van der Waals surface area contributed by atoms with Crippen molar-refractivity contribution in [2.24, 2.45) is 0 Å². The first-order valence-electron chi connectivity index (χ1n) is 7.04. The molecule has 112 valence electrons. The van der Waals surface area contributed by atoms with Gasteiger partial charge < -0.3 is 0 Å². The molecule has 0 amide bonds. The summed E-state index contributed by atoms with van der Waals surface area (Å²) in [5, 5.41) is 0. The summed E-state index contributed by atoms with van der Waals surface area (Å²) in [5.74, 6) is 0. The summed E-state index contributed by atoms with van der Waals surface area (Å²) in [6.45, 7) is 6.82. The van der Waals surface area contributed by atoms with Crippen LogP contribution in [-0.2, 0) is 5.41 Å². The van der Waals surface area contributed by atoms with Crippen LogP contribution in [0.15, 0.2) is 51.4 Å². The second kappa shape index (κ2) is 6.97. The van der Waals surface area contributed by atoms with Crippen LogP contribution in [0.5, 0.6) is 0 Å². The first-order valence-corrected chi connectivity index (χ1v) is 9.55. The summed E-state index contributed by atoms with van der Waals surface area (Å²) in [7, 11) is 0. The van der Waals surface area contributed by atoms with Gasteiger partial charge in [0.05, 0.1) is 4.83 Å². The van der Waals surface area contributed by atoms with E-state index in [9.17, 15) is 0 Å². The maximum atomic E-state index is 3.82. The third-order valence-corrected chi connectivity index (χ3v) is 6.34. The third-order valence-electron chi connectivity index (χ3n) is 4.10. The largest absolute Gasteiger partial charge is 0.0786 e. The van der Waals surface area contributed by atoms with Gasteiger partial charge in [-0.05, 0) is 46.7 Å². The fourth-order valence-corrected chi connectivity index (χ4v) is 4.04. The van der Waals surface area contributed by atoms with Crippen LogP contribution in [0, 0.1) is 0 Å². The molecule has 0 aliphatic carbocycles. The van der Waals surface area contributed by atoms with Crippen molar-refractivity contribution in [2.75, 3.05) is 0 Å². The first-order chi connectivity index (χ1) is 9.85. The fourth-order valence-electron chi connectivity index (χ4n) is 2.20. The van der Waals surface area contributed by atoms with E-state index in [2.05, 4.69) is 105 Å². The Kier molecular flexibility index (Phi) is 5.72. The van der Waals surface area contributed by atoms with Gasteiger partial charge in [0.1, 0.15) is 0 Å². The van der Waals surface area contributed by atoms with Gasteiger partial charge in [0, 0.05) is 8.95 Å². The molecule has 0 fully saturated rings. The molecule has 0 spiro atoms. The molecule has 2 rings (SSSR count). The molecule has 0 aliphatic heterocycles. The highest BCUT2D eigenvalue weighted by molar-refractivity contribution is 9.11. The van der Waals surface area contributed by atoms with E-state index in [-0.39, 0.29) is 10.2 Å². The van der Waals surface area contributed by atoms with Crippen molar-refractivity contribution in [1.29, 1.82) is 0 Å². The molecule has 21 heavy (non-hydrogen) atoms. The van der Waals surface area contributed by atoms with Crippen LogP contribution in [0.1, 0.15) is 48.7 Å². The summed E-state index contributed by atoms with van der Waals surface area (Å²) in [4.78, 5) is 0.183. The second-order valence-corrected chi connectivity index (χ2v) is 8.57. The topological polar surface area (TPSA) is 0 Å². The number of halogens is 3. The number of hydrogen-bond acceptors (Lipinski definition) is 0. The maximum absolute atomic E-state index is 3.82. The smallest absolute Gasteiger partial charge is 0.0656 e. The number of alkyl halides is 1. The minimum absolute atomic E-state index is 0.183. The van der Waals surface area contributed by atoms with Gasteiger partial charge >= 0.3 is 0 Å². The van der Waals surface area contributed by atoms with Gasteiger partial charge in [0.2, 0.25) is 0 Å². The standard InChI is InChI=1S/C18H19Br3/c1-4-18(2,3)13-7-5-12(6-8-13)17(21)15-11-14(19)9-10-16(15)20/h5-11,17H,4H2,1-3H3. The summed E-state index contributed by atoms with van der Waals surface area (Å²) in [5.41, 5.74) is 4.12. The molecular formula is C18H19Br3. The lowest BCUT2D eigenvalue weighted by Gasteiger charge is -2.24. The number of benzene rings is 2. The van der Waals surface area contributed by atoms with Crippen molar-refractivity contribution in [3.05, 3.63) is 68.1 Å². The van der Waals surface area contributed by atoms with E-state index < -0.39 is 0 Å². The highest BCUT2D eigenvalue weighted by Gasteiger charge is 2.19. The Balaban J connectivity index is 2.32. The molecule has 0 N–H and O–H groups in total. The van der Waals surface area contributed by atoms with Gasteiger partial charge in [-0.2, -0.15) is 0 Å². The molecule has 0 aliphatic rings. The van der Waals surface area contributed by atoms with Crippen LogP contribution in [-0.4, -0.2) is 0 Å². The summed E-state index contributed by atoms with van der Waals surface area (Å²) in [6.07, 6.45) is 1.14. The highest BCUT2D eigenvalue weighted by atomic mass is 79.9. The Labute approximate surface area is 152 Å². The van der Waals surface area contributed by atoms with E-state index in [1.54, 1.807) is 0 Å². The molecular weight excluding hydrogens is 456 g/mol. The van der Waals surface area contributed by atoms with Crippen LogP contribution < -0.4 is 0 Å². The van der Waals surface area contributed by atoms with Crippen LogP contribution in [0.4, 0.5) is 0 Å². The highest BCUT2D eigenvalue weighted by Crippen LogP contribution is 2.37. The molecule has 2 aromatic carbocycles. The van der Waals surface area contributed by atoms with E-state index in [0.717, 1.165) is 15.4 Å². The molecule has 0 saturated heterocycles. The van der Waals surface area contributed by atoms with E-state index in [1.807, 2.05) is 6.07 Å². The summed E-state index contributed by atoms with van der Waals surface area (Å²) >= 11 is 11.0. The van der Waals surface area contributed by atoms with Crippen LogP contribution in [0.3, 0.4) is 0 Å². The minimum atomic E-state index is 0.183. The van der Waals surface area contributed by atoms with E-state index in [4.69, 9.17) is 0 Å². The Morgan fingerprint density at radius 2 is 1.62 bits per heavy atom. The SMILES string of the molecule is CCC(C)(C)c1ccc(C(Br)c2cc(Br)ccc2Br)cc1. The van der Waals surface area contributed by atoms with E-state index in [1.165, 1.54) is 16.7 Å². The lowest BCUT2D eigenvalue weighted by Crippen LogP contribution is -2.15. The lowest BCUT2D eigenvalue weighted by molar-refractivity contribution is 0.506. The van der Waals surface area contributed by atoms with Crippen LogP contribution >= 0.6 is 47.8 Å². The molecule has 3 heteroatoms. The Morgan fingerprint density at radius 1 is 1.00 bits per heavy atom. The van der Waals surface area contributed by atoms with Gasteiger partial charge in [-0.25, -0.2) is 0 Å². The molecule has 1 atom stereocenters. The summed E-state index contributed by atoms with van der Waals surface area (Å²) < 4.78 is 2.21. The second-order valence-electron chi connectivity index (χ2n) is 5.89. The molecule has 0 nitrogen and oxygen atoms in total. The monoisotopic (exact) mass is 472 g/mol. The average Bonchev–Trinajstić information content (AvgIpc) is 2.49. The van der Waals surface area contributed by atoms with Gasteiger partial charge in [-0.15, -0.1) is 0 Å². The molecule has 0 heterocycles. The number of hydrogen-bond donors (Lipinski definition) is 0. The average molecular weight is 475 g/mol. The Hall–Kier alpha value is -0.120. The van der Waals surface area contributed by atoms with Crippen LogP contribution in [0.2, 0.25) is 0 Å². The normalized spacial score (nSPS) is 13.2. The van der Waals surface area contributed by atoms with Gasteiger partial charge in [0.25, 0.3) is 0 Å². The Bertz CT molecular complexity index is 615. The molecule has 0 saturated carbocycles. The van der Waals surface area contributed by atoms with Crippen molar-refractivity contribution in [1.82, 2.24) is 0 Å². The minimum Gasteiger partial charge on any atom is -0.0786 e. The van der Waals surface area contributed by atoms with Gasteiger partial charge in [-0.1, -0.05) is 92.8 Å². The van der Waals surface area contributed by atoms with Crippen molar-refractivity contribution in [3.63, 3.8) is 0 Å². The first kappa shape index (κ1) is 17.2. The zero-order chi connectivity index (χ0) is 15.6. The molecule has 1 unspecified atom stereocenters. The fraction of sp³-hybridized carbons (Fsp3) is 0.333. The zero-order valence-electron chi connectivity index (χ0n) is 12.5. The Morgan fingerprint density at radius 3 is 2.19 bits per heavy atom. The van der Waals surface area contributed by atoms with Crippen molar-refractivity contribution >= 4 is 47.8 Å². The van der Waals surface area contributed by atoms with Crippen molar-refractivity contribution in [3.8, 4) is 0 Å². The maximum Gasteiger partial charge on any atom is 0.0656 e. The predicted octanol–water partition coefficient (Wildman–Crippen LogP) is 7.38. The lowest BCUT2D eigenvalue weighted by atomic mass is 9.82. The van der Waals surface area contributed by atoms with Gasteiger partial charge in [0.15, 0.2) is 0 Å².